The summed E-state index contributed by atoms with van der Waals surface area (Å²) in [6.07, 6.45) is -1.42. The molecule has 0 radical (unpaired) electrons. The fourth-order valence-electron chi connectivity index (χ4n) is 0.379. The summed E-state index contributed by atoms with van der Waals surface area (Å²) >= 11 is 0. The molecule has 4 heteroatoms. The first-order chi connectivity index (χ1) is 4.22. The van der Waals surface area contributed by atoms with Gasteiger partial charge in [0.25, 0.3) is 0 Å². The van der Waals surface area contributed by atoms with Crippen LogP contribution >= 0.6 is 0 Å². The SMILES string of the molecule is O=C(CCO)[C@H](O)CO. The highest BCUT2D eigenvalue weighted by Gasteiger charge is 2.11. The summed E-state index contributed by atoms with van der Waals surface area (Å²) in [6, 6.07) is 0. The average Bonchev–Trinajstić information content (AvgIpc) is 1.87. The Morgan fingerprint density at radius 3 is 2.33 bits per heavy atom. The van der Waals surface area contributed by atoms with Crippen LogP contribution in [0, 0.1) is 0 Å². The number of Topliss-reactive ketones (excluding diaryl/α,β-unsaturated/α-hetero) is 1. The van der Waals surface area contributed by atoms with Crippen LogP contribution in [0.3, 0.4) is 0 Å². The number of hydrogen-bond donors (Lipinski definition) is 3. The van der Waals surface area contributed by atoms with Crippen molar-refractivity contribution >= 4 is 5.78 Å². The third-order valence-corrected chi connectivity index (χ3v) is 0.903. The zero-order chi connectivity index (χ0) is 7.28. The van der Waals surface area contributed by atoms with Crippen LogP contribution < -0.4 is 0 Å². The first-order valence-corrected chi connectivity index (χ1v) is 2.65. The molecule has 0 aliphatic heterocycles. The van der Waals surface area contributed by atoms with Crippen LogP contribution in [0.1, 0.15) is 6.42 Å². The second kappa shape index (κ2) is 4.43. The number of carbonyl (C=O) groups is 1. The lowest BCUT2D eigenvalue weighted by molar-refractivity contribution is -0.129. The molecule has 4 nitrogen and oxygen atoms in total. The topological polar surface area (TPSA) is 77.8 Å². The molecule has 0 saturated heterocycles. The summed E-state index contributed by atoms with van der Waals surface area (Å²) in [5.74, 6) is -0.528. The fraction of sp³-hybridized carbons (Fsp3) is 0.800. The molecular weight excluding hydrogens is 124 g/mol. The first-order valence-electron chi connectivity index (χ1n) is 2.65. The normalized spacial score (nSPS) is 13.2. The van der Waals surface area contributed by atoms with Crippen molar-refractivity contribution in [2.75, 3.05) is 13.2 Å². The van der Waals surface area contributed by atoms with Crippen LogP contribution in [0.25, 0.3) is 0 Å². The van der Waals surface area contributed by atoms with Crippen molar-refractivity contribution in [2.45, 2.75) is 12.5 Å². The molecule has 0 amide bonds. The van der Waals surface area contributed by atoms with Crippen molar-refractivity contribution in [3.05, 3.63) is 0 Å². The Hall–Kier alpha value is -0.450. The quantitative estimate of drug-likeness (QED) is 0.428. The molecule has 0 aromatic carbocycles. The van der Waals surface area contributed by atoms with Gasteiger partial charge >= 0.3 is 0 Å². The molecule has 0 fully saturated rings. The lowest BCUT2D eigenvalue weighted by Gasteiger charge is -2.02. The zero-order valence-electron chi connectivity index (χ0n) is 4.95. The maximum absolute atomic E-state index is 10.4. The van der Waals surface area contributed by atoms with Gasteiger partial charge in [-0.3, -0.25) is 4.79 Å². The van der Waals surface area contributed by atoms with Gasteiger partial charge in [-0.25, -0.2) is 0 Å². The minimum Gasteiger partial charge on any atom is -0.396 e. The molecule has 0 aromatic heterocycles. The second-order valence-electron chi connectivity index (χ2n) is 1.64. The van der Waals surface area contributed by atoms with Gasteiger partial charge in [0, 0.05) is 6.42 Å². The molecular formula is C5H10O4. The predicted octanol–water partition coefficient (Wildman–Crippen LogP) is -1.71. The summed E-state index contributed by atoms with van der Waals surface area (Å²) < 4.78 is 0. The van der Waals surface area contributed by atoms with Crippen molar-refractivity contribution in [2.24, 2.45) is 0 Å². The van der Waals surface area contributed by atoms with Crippen LogP contribution in [0.5, 0.6) is 0 Å². The van der Waals surface area contributed by atoms with Crippen LogP contribution in [0.15, 0.2) is 0 Å². The lowest BCUT2D eigenvalue weighted by Crippen LogP contribution is -2.24. The van der Waals surface area contributed by atoms with E-state index in [1.165, 1.54) is 0 Å². The van der Waals surface area contributed by atoms with Crippen LogP contribution in [0.4, 0.5) is 0 Å². The first kappa shape index (κ1) is 8.55. The van der Waals surface area contributed by atoms with Crippen molar-refractivity contribution in [1.82, 2.24) is 0 Å². The molecule has 54 valence electrons. The summed E-state index contributed by atoms with van der Waals surface area (Å²) in [4.78, 5) is 10.4. The number of aliphatic hydroxyl groups excluding tert-OH is 3. The maximum Gasteiger partial charge on any atom is 0.165 e. The van der Waals surface area contributed by atoms with Gasteiger partial charge in [0.1, 0.15) is 6.10 Å². The van der Waals surface area contributed by atoms with Crippen LogP contribution in [-0.4, -0.2) is 40.4 Å². The Morgan fingerprint density at radius 2 is 2.00 bits per heavy atom. The molecule has 9 heavy (non-hydrogen) atoms. The van der Waals surface area contributed by atoms with Crippen LogP contribution in [-0.2, 0) is 4.79 Å². The van der Waals surface area contributed by atoms with Gasteiger partial charge in [0.05, 0.1) is 13.2 Å². The van der Waals surface area contributed by atoms with E-state index in [-0.39, 0.29) is 13.0 Å². The highest BCUT2D eigenvalue weighted by Crippen LogP contribution is 1.88. The number of ketones is 1. The van der Waals surface area contributed by atoms with E-state index in [9.17, 15) is 4.79 Å². The van der Waals surface area contributed by atoms with Gasteiger partial charge in [-0.15, -0.1) is 0 Å². The van der Waals surface area contributed by atoms with E-state index in [1.54, 1.807) is 0 Å². The predicted molar refractivity (Wildman–Crippen MR) is 29.8 cm³/mol. The van der Waals surface area contributed by atoms with E-state index < -0.39 is 18.5 Å². The second-order valence-corrected chi connectivity index (χ2v) is 1.64. The number of hydrogen-bond acceptors (Lipinski definition) is 4. The molecule has 0 aromatic rings. The molecule has 0 bridgehead atoms. The van der Waals surface area contributed by atoms with Crippen molar-refractivity contribution < 1.29 is 20.1 Å². The van der Waals surface area contributed by atoms with Crippen molar-refractivity contribution in [1.29, 1.82) is 0 Å². The Balaban J connectivity index is 3.46. The minimum absolute atomic E-state index is 0.0955. The monoisotopic (exact) mass is 134 g/mol. The highest BCUT2D eigenvalue weighted by molar-refractivity contribution is 5.82. The number of carbonyl (C=O) groups excluding carboxylic acids is 1. The molecule has 0 unspecified atom stereocenters. The number of aliphatic hydroxyl groups is 3. The smallest absolute Gasteiger partial charge is 0.165 e. The molecule has 0 heterocycles. The molecule has 0 aliphatic carbocycles. The van der Waals surface area contributed by atoms with Crippen molar-refractivity contribution in [3.8, 4) is 0 Å². The largest absolute Gasteiger partial charge is 0.396 e. The minimum atomic E-state index is -1.32. The Kier molecular flexibility index (Phi) is 4.21. The van der Waals surface area contributed by atoms with Crippen LogP contribution in [0.2, 0.25) is 0 Å². The van der Waals surface area contributed by atoms with Gasteiger partial charge in [0.2, 0.25) is 0 Å². The molecule has 0 saturated carbocycles. The molecule has 0 spiro atoms. The van der Waals surface area contributed by atoms with E-state index in [1.807, 2.05) is 0 Å². The summed E-state index contributed by atoms with van der Waals surface area (Å²) in [6.45, 7) is -0.852. The fourth-order valence-corrected chi connectivity index (χ4v) is 0.379. The van der Waals surface area contributed by atoms with Gasteiger partial charge in [-0.05, 0) is 0 Å². The Bertz CT molecular complexity index is 91.0. The standard InChI is InChI=1S/C5H10O4/c6-2-1-4(8)5(9)3-7/h5-7,9H,1-3H2/t5-/m1/s1. The summed E-state index contributed by atoms with van der Waals surface area (Å²) in [5.41, 5.74) is 0. The van der Waals surface area contributed by atoms with E-state index in [0.717, 1.165) is 0 Å². The van der Waals surface area contributed by atoms with E-state index in [0.29, 0.717) is 0 Å². The lowest BCUT2D eigenvalue weighted by atomic mass is 10.2. The van der Waals surface area contributed by atoms with Crippen molar-refractivity contribution in [3.63, 3.8) is 0 Å². The van der Waals surface area contributed by atoms with Gasteiger partial charge < -0.3 is 15.3 Å². The summed E-state index contributed by atoms with van der Waals surface area (Å²) in [5, 5.41) is 24.9. The number of rotatable bonds is 4. The van der Waals surface area contributed by atoms with Gasteiger partial charge in [-0.2, -0.15) is 0 Å². The third-order valence-electron chi connectivity index (χ3n) is 0.903. The maximum atomic E-state index is 10.4. The van der Waals surface area contributed by atoms with E-state index in [4.69, 9.17) is 15.3 Å². The zero-order valence-corrected chi connectivity index (χ0v) is 4.95. The molecule has 1 atom stereocenters. The molecule has 0 rings (SSSR count). The molecule has 0 aliphatic rings. The molecule has 3 N–H and O–H groups in total. The average molecular weight is 134 g/mol. The van der Waals surface area contributed by atoms with E-state index in [2.05, 4.69) is 0 Å². The Labute approximate surface area is 52.7 Å². The van der Waals surface area contributed by atoms with E-state index >= 15 is 0 Å². The summed E-state index contributed by atoms with van der Waals surface area (Å²) in [7, 11) is 0. The van der Waals surface area contributed by atoms with Gasteiger partial charge in [-0.1, -0.05) is 0 Å². The highest BCUT2D eigenvalue weighted by atomic mass is 16.3. The third kappa shape index (κ3) is 3.18. The van der Waals surface area contributed by atoms with Gasteiger partial charge in [0.15, 0.2) is 5.78 Å². The Morgan fingerprint density at radius 1 is 1.44 bits per heavy atom.